The van der Waals surface area contributed by atoms with E-state index in [2.05, 4.69) is 12.2 Å². The maximum absolute atomic E-state index is 12.4. The predicted octanol–water partition coefficient (Wildman–Crippen LogP) is 2.50. The summed E-state index contributed by atoms with van der Waals surface area (Å²) >= 11 is 0. The Bertz CT molecular complexity index is 530. The number of hydrogen-bond acceptors (Lipinski definition) is 3. The Morgan fingerprint density at radius 1 is 1.32 bits per heavy atom. The standard InChI is InChI=1S/C17H24N2O3/c1-3-4-11-18-16(20)9-10-17(21)19-12-13(2)22-15-8-6-5-7-14(15)19/h5-8,13H,3-4,9-12H2,1-2H3,(H,18,20)/t13-/m1/s1. The normalized spacial score (nSPS) is 16.6. The van der Waals surface area contributed by atoms with Crippen molar-refractivity contribution in [2.45, 2.75) is 45.6 Å². The first kappa shape index (κ1) is 16.3. The molecule has 1 aliphatic heterocycles. The number of carbonyl (C=O) groups is 2. The molecule has 0 spiro atoms. The second-order valence-electron chi connectivity index (χ2n) is 5.60. The Morgan fingerprint density at radius 3 is 2.86 bits per heavy atom. The number of nitrogens with one attached hydrogen (secondary N) is 1. The summed E-state index contributed by atoms with van der Waals surface area (Å²) < 4.78 is 5.73. The highest BCUT2D eigenvalue weighted by Gasteiger charge is 2.27. The average Bonchev–Trinajstić information content (AvgIpc) is 2.52. The summed E-state index contributed by atoms with van der Waals surface area (Å²) in [6, 6.07) is 7.51. The Morgan fingerprint density at radius 2 is 2.09 bits per heavy atom. The smallest absolute Gasteiger partial charge is 0.227 e. The fourth-order valence-electron chi connectivity index (χ4n) is 2.47. The number of nitrogens with zero attached hydrogens (tertiary/aromatic N) is 1. The first-order chi connectivity index (χ1) is 10.6. The molecule has 1 aromatic rings. The average molecular weight is 304 g/mol. The zero-order valence-corrected chi connectivity index (χ0v) is 13.3. The molecule has 1 atom stereocenters. The molecule has 0 bridgehead atoms. The minimum atomic E-state index is -0.0589. The minimum Gasteiger partial charge on any atom is -0.487 e. The number of benzene rings is 1. The lowest BCUT2D eigenvalue weighted by molar-refractivity contribution is -0.125. The van der Waals surface area contributed by atoms with Gasteiger partial charge in [-0.2, -0.15) is 0 Å². The van der Waals surface area contributed by atoms with E-state index in [1.54, 1.807) is 4.90 Å². The fourth-order valence-corrected chi connectivity index (χ4v) is 2.47. The molecule has 5 nitrogen and oxygen atoms in total. The molecule has 0 aliphatic carbocycles. The molecule has 2 amide bonds. The summed E-state index contributed by atoms with van der Waals surface area (Å²) in [5, 5.41) is 2.84. The van der Waals surface area contributed by atoms with E-state index in [-0.39, 0.29) is 30.8 Å². The van der Waals surface area contributed by atoms with E-state index in [4.69, 9.17) is 4.74 Å². The van der Waals surface area contributed by atoms with Gasteiger partial charge in [0.05, 0.1) is 12.2 Å². The minimum absolute atomic E-state index is 0.0340. The van der Waals surface area contributed by atoms with Crippen LogP contribution in [0.25, 0.3) is 0 Å². The third-order valence-electron chi connectivity index (χ3n) is 3.64. The molecule has 0 aromatic heterocycles. The molecule has 0 fully saturated rings. The number of para-hydroxylation sites is 2. The van der Waals surface area contributed by atoms with Crippen molar-refractivity contribution in [3.05, 3.63) is 24.3 Å². The summed E-state index contributed by atoms with van der Waals surface area (Å²) in [4.78, 5) is 25.9. The second-order valence-corrected chi connectivity index (χ2v) is 5.60. The van der Waals surface area contributed by atoms with Gasteiger partial charge in [-0.25, -0.2) is 0 Å². The largest absolute Gasteiger partial charge is 0.487 e. The third-order valence-corrected chi connectivity index (χ3v) is 3.64. The van der Waals surface area contributed by atoms with Crippen molar-refractivity contribution in [3.63, 3.8) is 0 Å². The SMILES string of the molecule is CCCCNC(=O)CCC(=O)N1C[C@@H](C)Oc2ccccc21. The van der Waals surface area contributed by atoms with Crippen LogP contribution in [0.1, 0.15) is 39.5 Å². The summed E-state index contributed by atoms with van der Waals surface area (Å²) in [5.74, 6) is 0.631. The van der Waals surface area contributed by atoms with Crippen LogP contribution in [-0.4, -0.2) is 31.0 Å². The van der Waals surface area contributed by atoms with Gasteiger partial charge in [0.2, 0.25) is 11.8 Å². The molecule has 1 aliphatic rings. The lowest BCUT2D eigenvalue weighted by atomic mass is 10.1. The van der Waals surface area contributed by atoms with Crippen LogP contribution in [0.4, 0.5) is 5.69 Å². The van der Waals surface area contributed by atoms with Crippen LogP contribution in [-0.2, 0) is 9.59 Å². The number of carbonyl (C=O) groups excluding carboxylic acids is 2. The van der Waals surface area contributed by atoms with Crippen LogP contribution in [0.15, 0.2) is 24.3 Å². The summed E-state index contributed by atoms with van der Waals surface area (Å²) in [5.41, 5.74) is 0.789. The molecule has 5 heteroatoms. The van der Waals surface area contributed by atoms with Crippen molar-refractivity contribution in [3.8, 4) is 5.75 Å². The third kappa shape index (κ3) is 4.23. The van der Waals surface area contributed by atoms with E-state index < -0.39 is 0 Å². The molecule has 22 heavy (non-hydrogen) atoms. The molecule has 0 saturated heterocycles. The molecular formula is C17H24N2O3. The Kier molecular flexibility index (Phi) is 5.81. The number of ether oxygens (including phenoxy) is 1. The van der Waals surface area contributed by atoms with Crippen LogP contribution in [0.3, 0.4) is 0 Å². The van der Waals surface area contributed by atoms with Crippen molar-refractivity contribution >= 4 is 17.5 Å². The van der Waals surface area contributed by atoms with Gasteiger partial charge in [0.1, 0.15) is 11.9 Å². The van der Waals surface area contributed by atoms with Crippen molar-refractivity contribution in [1.29, 1.82) is 0 Å². The first-order valence-electron chi connectivity index (χ1n) is 7.94. The summed E-state index contributed by atoms with van der Waals surface area (Å²) in [7, 11) is 0. The predicted molar refractivity (Wildman–Crippen MR) is 86.0 cm³/mol. The van der Waals surface area contributed by atoms with E-state index in [1.165, 1.54) is 0 Å². The molecule has 0 unspecified atom stereocenters. The van der Waals surface area contributed by atoms with E-state index in [9.17, 15) is 9.59 Å². The monoisotopic (exact) mass is 304 g/mol. The highest BCUT2D eigenvalue weighted by Crippen LogP contribution is 2.33. The van der Waals surface area contributed by atoms with Crippen LogP contribution < -0.4 is 15.0 Å². The number of rotatable bonds is 6. The van der Waals surface area contributed by atoms with Crippen LogP contribution in [0.5, 0.6) is 5.75 Å². The highest BCUT2D eigenvalue weighted by molar-refractivity contribution is 5.97. The molecule has 2 rings (SSSR count). The van der Waals surface area contributed by atoms with Gasteiger partial charge in [-0.1, -0.05) is 25.5 Å². The Balaban J connectivity index is 1.91. The molecule has 1 aromatic carbocycles. The summed E-state index contributed by atoms with van der Waals surface area (Å²) in [6.07, 6.45) is 2.42. The van der Waals surface area contributed by atoms with Gasteiger partial charge in [-0.3, -0.25) is 9.59 Å². The number of fused-ring (bicyclic) bond motifs is 1. The topological polar surface area (TPSA) is 58.6 Å². The lowest BCUT2D eigenvalue weighted by Crippen LogP contribution is -2.42. The Labute approximate surface area is 131 Å². The molecular weight excluding hydrogens is 280 g/mol. The second kappa shape index (κ2) is 7.82. The molecule has 0 radical (unpaired) electrons. The number of anilines is 1. The van der Waals surface area contributed by atoms with Gasteiger partial charge in [0.15, 0.2) is 0 Å². The zero-order chi connectivity index (χ0) is 15.9. The van der Waals surface area contributed by atoms with Gasteiger partial charge in [0, 0.05) is 19.4 Å². The molecule has 1 N–H and O–H groups in total. The molecule has 120 valence electrons. The summed E-state index contributed by atoms with van der Waals surface area (Å²) in [6.45, 7) is 5.22. The van der Waals surface area contributed by atoms with Crippen molar-refractivity contribution in [2.75, 3.05) is 18.0 Å². The van der Waals surface area contributed by atoms with Crippen LogP contribution >= 0.6 is 0 Å². The number of amides is 2. The van der Waals surface area contributed by atoms with Gasteiger partial charge in [-0.05, 0) is 25.5 Å². The maximum atomic E-state index is 12.4. The van der Waals surface area contributed by atoms with E-state index in [0.717, 1.165) is 24.3 Å². The van der Waals surface area contributed by atoms with Crippen molar-refractivity contribution < 1.29 is 14.3 Å². The van der Waals surface area contributed by atoms with Gasteiger partial charge < -0.3 is 15.0 Å². The van der Waals surface area contributed by atoms with Gasteiger partial charge in [0.25, 0.3) is 0 Å². The lowest BCUT2D eigenvalue weighted by Gasteiger charge is -2.33. The quantitative estimate of drug-likeness (QED) is 0.822. The Hall–Kier alpha value is -2.04. The first-order valence-corrected chi connectivity index (χ1v) is 7.94. The van der Waals surface area contributed by atoms with Gasteiger partial charge in [-0.15, -0.1) is 0 Å². The maximum Gasteiger partial charge on any atom is 0.227 e. The fraction of sp³-hybridized carbons (Fsp3) is 0.529. The van der Waals surface area contributed by atoms with Crippen LogP contribution in [0, 0.1) is 0 Å². The zero-order valence-electron chi connectivity index (χ0n) is 13.3. The van der Waals surface area contributed by atoms with Crippen LogP contribution in [0.2, 0.25) is 0 Å². The van der Waals surface area contributed by atoms with E-state index in [1.807, 2.05) is 31.2 Å². The molecule has 1 heterocycles. The van der Waals surface area contributed by atoms with E-state index in [0.29, 0.717) is 13.1 Å². The number of hydrogen-bond donors (Lipinski definition) is 1. The van der Waals surface area contributed by atoms with Gasteiger partial charge >= 0.3 is 0 Å². The van der Waals surface area contributed by atoms with Crippen molar-refractivity contribution in [1.82, 2.24) is 5.32 Å². The molecule has 0 saturated carbocycles. The highest BCUT2D eigenvalue weighted by atomic mass is 16.5. The van der Waals surface area contributed by atoms with E-state index >= 15 is 0 Å². The van der Waals surface area contributed by atoms with Crippen molar-refractivity contribution in [2.24, 2.45) is 0 Å². The number of unbranched alkanes of at least 4 members (excludes halogenated alkanes) is 1.